The molecule has 2 aliphatic heterocycles. The number of nitrogens with zero attached hydrogens (tertiary/aromatic N) is 7. The van der Waals surface area contributed by atoms with Gasteiger partial charge in [-0.05, 0) is 33.7 Å². The van der Waals surface area contributed by atoms with Gasteiger partial charge in [-0.3, -0.25) is 0 Å². The Morgan fingerprint density at radius 2 is 2.08 bits per heavy atom. The Hall–Kier alpha value is -2.06. The van der Waals surface area contributed by atoms with Gasteiger partial charge in [-0.2, -0.15) is 0 Å². The smallest absolute Gasteiger partial charge is 0.136 e. The van der Waals surface area contributed by atoms with Crippen LogP contribution in [0.3, 0.4) is 0 Å². The highest BCUT2D eigenvalue weighted by Crippen LogP contribution is 2.34. The summed E-state index contributed by atoms with van der Waals surface area (Å²) in [5, 5.41) is 19.7. The molecule has 1 atom stereocenters. The van der Waals surface area contributed by atoms with E-state index in [9.17, 15) is 5.11 Å². The Labute approximate surface area is 153 Å². The first kappa shape index (κ1) is 17.4. The van der Waals surface area contributed by atoms with Gasteiger partial charge in [-0.1, -0.05) is 5.21 Å². The van der Waals surface area contributed by atoms with Crippen LogP contribution in [-0.2, 0) is 18.6 Å². The van der Waals surface area contributed by atoms with Gasteiger partial charge < -0.3 is 14.9 Å². The first-order valence-corrected chi connectivity index (χ1v) is 9.37. The third-order valence-electron chi connectivity index (χ3n) is 5.46. The lowest BCUT2D eigenvalue weighted by atomic mass is 9.89. The van der Waals surface area contributed by atoms with E-state index < -0.39 is 5.60 Å². The van der Waals surface area contributed by atoms with Gasteiger partial charge in [0.2, 0.25) is 0 Å². The fraction of sp³-hybridized carbons (Fsp3) is 0.667. The Morgan fingerprint density at radius 3 is 2.85 bits per heavy atom. The van der Waals surface area contributed by atoms with E-state index >= 15 is 0 Å². The average molecular weight is 357 g/mol. The summed E-state index contributed by atoms with van der Waals surface area (Å²) in [5.74, 6) is 0.955. The van der Waals surface area contributed by atoms with E-state index in [1.54, 1.807) is 11.0 Å². The molecule has 8 nitrogen and oxygen atoms in total. The number of aromatic nitrogens is 5. The zero-order chi connectivity index (χ0) is 18.3. The van der Waals surface area contributed by atoms with Gasteiger partial charge in [0.25, 0.3) is 0 Å². The number of anilines is 1. The summed E-state index contributed by atoms with van der Waals surface area (Å²) in [6.07, 6.45) is 6.05. The summed E-state index contributed by atoms with van der Waals surface area (Å²) < 4.78 is 1.80. The highest BCUT2D eigenvalue weighted by molar-refractivity contribution is 5.50. The molecule has 0 bridgehead atoms. The number of hydrogen-bond acceptors (Lipinski definition) is 7. The fourth-order valence-corrected chi connectivity index (χ4v) is 3.90. The number of piperidine rings is 1. The third kappa shape index (κ3) is 3.07. The van der Waals surface area contributed by atoms with Crippen molar-refractivity contribution in [2.75, 3.05) is 31.6 Å². The van der Waals surface area contributed by atoms with E-state index in [2.05, 4.69) is 51.0 Å². The normalized spacial score (nSPS) is 24.1. The summed E-state index contributed by atoms with van der Waals surface area (Å²) in [6, 6.07) is 0.226. The molecule has 2 aromatic rings. The minimum absolute atomic E-state index is 0.226. The summed E-state index contributed by atoms with van der Waals surface area (Å²) in [6.45, 7) is 7.35. The third-order valence-corrected chi connectivity index (χ3v) is 5.46. The van der Waals surface area contributed by atoms with Gasteiger partial charge in [0.05, 0.1) is 18.4 Å². The quantitative estimate of drug-likeness (QED) is 0.881. The lowest BCUT2D eigenvalue weighted by Gasteiger charge is -2.40. The number of likely N-dealkylation sites (N-methyl/N-ethyl adjacent to an activating group) is 1. The van der Waals surface area contributed by atoms with Crippen LogP contribution < -0.4 is 4.90 Å². The molecule has 1 N–H and O–H groups in total. The van der Waals surface area contributed by atoms with Crippen LogP contribution in [0.4, 0.5) is 5.82 Å². The zero-order valence-corrected chi connectivity index (χ0v) is 15.8. The number of fused-ring (bicyclic) bond motifs is 1. The molecule has 0 spiro atoms. The Morgan fingerprint density at radius 1 is 1.23 bits per heavy atom. The SMILES string of the molecule is CC(C)n1cc([C@@]2(O)CCCN(c3ncnc4c3CN(C)CC4)C2)nn1. The minimum atomic E-state index is -0.996. The average Bonchev–Trinajstić information content (AvgIpc) is 3.12. The number of aliphatic hydroxyl groups is 1. The van der Waals surface area contributed by atoms with Crippen molar-refractivity contribution >= 4 is 5.82 Å². The summed E-state index contributed by atoms with van der Waals surface area (Å²) in [4.78, 5) is 13.5. The maximum atomic E-state index is 11.3. The molecule has 26 heavy (non-hydrogen) atoms. The summed E-state index contributed by atoms with van der Waals surface area (Å²) >= 11 is 0. The van der Waals surface area contributed by atoms with Gasteiger partial charge in [-0.25, -0.2) is 14.6 Å². The lowest BCUT2D eigenvalue weighted by molar-refractivity contribution is 0.0173. The van der Waals surface area contributed by atoms with Crippen LogP contribution in [0.1, 0.15) is 49.7 Å². The van der Waals surface area contributed by atoms with Crippen molar-refractivity contribution in [3.63, 3.8) is 0 Å². The number of hydrogen-bond donors (Lipinski definition) is 1. The van der Waals surface area contributed by atoms with E-state index in [-0.39, 0.29) is 6.04 Å². The van der Waals surface area contributed by atoms with Gasteiger partial charge >= 0.3 is 0 Å². The highest BCUT2D eigenvalue weighted by Gasteiger charge is 2.39. The highest BCUT2D eigenvalue weighted by atomic mass is 16.3. The van der Waals surface area contributed by atoms with Gasteiger partial charge in [0.1, 0.15) is 23.4 Å². The van der Waals surface area contributed by atoms with Crippen molar-refractivity contribution in [1.82, 2.24) is 29.9 Å². The maximum absolute atomic E-state index is 11.3. The van der Waals surface area contributed by atoms with Crippen LogP contribution in [0.5, 0.6) is 0 Å². The Kier molecular flexibility index (Phi) is 4.40. The fourth-order valence-electron chi connectivity index (χ4n) is 3.90. The molecule has 0 aliphatic carbocycles. The maximum Gasteiger partial charge on any atom is 0.136 e. The van der Waals surface area contributed by atoms with Crippen LogP contribution in [0.25, 0.3) is 0 Å². The van der Waals surface area contributed by atoms with E-state index in [1.807, 2.05) is 6.20 Å². The van der Waals surface area contributed by atoms with Crippen LogP contribution in [-0.4, -0.2) is 61.7 Å². The van der Waals surface area contributed by atoms with Crippen LogP contribution >= 0.6 is 0 Å². The van der Waals surface area contributed by atoms with Gasteiger partial charge in [0, 0.05) is 37.7 Å². The molecule has 4 heterocycles. The summed E-state index contributed by atoms with van der Waals surface area (Å²) in [5.41, 5.74) is 1.98. The Bertz CT molecular complexity index is 790. The molecule has 0 unspecified atom stereocenters. The van der Waals surface area contributed by atoms with E-state index in [0.717, 1.165) is 44.0 Å². The van der Waals surface area contributed by atoms with Crippen LogP contribution in [0.2, 0.25) is 0 Å². The lowest BCUT2D eigenvalue weighted by Crippen LogP contribution is -2.47. The van der Waals surface area contributed by atoms with Crippen LogP contribution in [0, 0.1) is 0 Å². The second kappa shape index (κ2) is 6.59. The van der Waals surface area contributed by atoms with Crippen molar-refractivity contribution in [2.24, 2.45) is 0 Å². The molecule has 140 valence electrons. The molecule has 1 fully saturated rings. The monoisotopic (exact) mass is 357 g/mol. The summed E-state index contributed by atoms with van der Waals surface area (Å²) in [7, 11) is 2.12. The first-order chi connectivity index (χ1) is 12.5. The molecule has 0 saturated carbocycles. The second-order valence-corrected chi connectivity index (χ2v) is 7.84. The van der Waals surface area contributed by atoms with Crippen molar-refractivity contribution < 1.29 is 5.11 Å². The Balaban J connectivity index is 1.63. The number of rotatable bonds is 3. The molecule has 0 amide bonds. The largest absolute Gasteiger partial charge is 0.382 e. The molecule has 2 aromatic heterocycles. The van der Waals surface area contributed by atoms with Crippen molar-refractivity contribution in [1.29, 1.82) is 0 Å². The minimum Gasteiger partial charge on any atom is -0.382 e. The van der Waals surface area contributed by atoms with E-state index in [4.69, 9.17) is 0 Å². The molecule has 1 saturated heterocycles. The molecular formula is C18H27N7O. The van der Waals surface area contributed by atoms with Gasteiger partial charge in [-0.15, -0.1) is 5.10 Å². The van der Waals surface area contributed by atoms with Crippen LogP contribution in [0.15, 0.2) is 12.5 Å². The van der Waals surface area contributed by atoms with Crippen molar-refractivity contribution in [3.8, 4) is 0 Å². The molecular weight excluding hydrogens is 330 g/mol. The first-order valence-electron chi connectivity index (χ1n) is 9.37. The van der Waals surface area contributed by atoms with E-state index in [1.165, 1.54) is 5.56 Å². The number of β-amino-alcohol motifs (C(OH)–C–C–N with tert-alkyl or cyclic N) is 1. The predicted octanol–water partition coefficient (Wildman–Crippen LogP) is 1.12. The van der Waals surface area contributed by atoms with Crippen molar-refractivity contribution in [2.45, 2.75) is 51.3 Å². The molecule has 0 aromatic carbocycles. The molecule has 8 heteroatoms. The standard InChI is InChI=1S/C18H27N7O/c1-13(2)25-10-16(21-22-25)18(26)6-4-7-24(11-18)17-14-9-23(3)8-5-15(14)19-12-20-17/h10,12-13,26H,4-9,11H2,1-3H3/t18-/m1/s1. The van der Waals surface area contributed by atoms with Gasteiger partial charge in [0.15, 0.2) is 0 Å². The van der Waals surface area contributed by atoms with E-state index in [0.29, 0.717) is 18.7 Å². The molecule has 4 rings (SSSR count). The topological polar surface area (TPSA) is 83.2 Å². The zero-order valence-electron chi connectivity index (χ0n) is 15.8. The van der Waals surface area contributed by atoms with Crippen molar-refractivity contribution in [3.05, 3.63) is 29.5 Å². The predicted molar refractivity (Wildman–Crippen MR) is 97.8 cm³/mol. The molecule has 2 aliphatic rings. The second-order valence-electron chi connectivity index (χ2n) is 7.84. The molecule has 0 radical (unpaired) electrons.